The third-order valence-electron chi connectivity index (χ3n) is 3.02. The number of likely N-dealkylation sites (N-methyl/N-ethyl adjacent to an activating group) is 1. The van der Waals surface area contributed by atoms with Gasteiger partial charge >= 0.3 is 0 Å². The summed E-state index contributed by atoms with van der Waals surface area (Å²) in [6.07, 6.45) is 0. The molecule has 0 aliphatic carbocycles. The highest BCUT2D eigenvalue weighted by molar-refractivity contribution is 5.54. The molecule has 120 valence electrons. The molecule has 0 saturated carbocycles. The van der Waals surface area contributed by atoms with Gasteiger partial charge in [-0.05, 0) is 45.5 Å². The van der Waals surface area contributed by atoms with Crippen LogP contribution in [0.3, 0.4) is 0 Å². The fourth-order valence-corrected chi connectivity index (χ4v) is 2.12. The first-order valence-electron chi connectivity index (χ1n) is 7.44. The van der Waals surface area contributed by atoms with Gasteiger partial charge in [-0.1, -0.05) is 0 Å². The molecule has 0 spiro atoms. The van der Waals surface area contributed by atoms with E-state index in [1.165, 1.54) is 0 Å². The van der Waals surface area contributed by atoms with Crippen LogP contribution in [0.15, 0.2) is 12.1 Å². The third kappa shape index (κ3) is 4.79. The van der Waals surface area contributed by atoms with Crippen LogP contribution >= 0.6 is 0 Å². The SMILES string of the molecule is CCOc1cc(C(COC)NC)cc(OCC)c1OCC. The number of hydrogen-bond acceptors (Lipinski definition) is 5. The van der Waals surface area contributed by atoms with Gasteiger partial charge in [-0.2, -0.15) is 0 Å². The quantitative estimate of drug-likeness (QED) is 0.719. The Balaban J connectivity index is 3.26. The summed E-state index contributed by atoms with van der Waals surface area (Å²) in [5.41, 5.74) is 1.05. The second-order valence-corrected chi connectivity index (χ2v) is 4.44. The fraction of sp³-hybridized carbons (Fsp3) is 0.625. The minimum atomic E-state index is 0.0732. The maximum absolute atomic E-state index is 5.72. The van der Waals surface area contributed by atoms with E-state index in [1.807, 2.05) is 40.0 Å². The summed E-state index contributed by atoms with van der Waals surface area (Å²) in [5, 5.41) is 3.23. The molecule has 0 bridgehead atoms. The zero-order chi connectivity index (χ0) is 15.7. The molecule has 0 fully saturated rings. The van der Waals surface area contributed by atoms with Gasteiger partial charge in [0.25, 0.3) is 0 Å². The summed E-state index contributed by atoms with van der Waals surface area (Å²) < 4.78 is 22.4. The van der Waals surface area contributed by atoms with E-state index in [0.29, 0.717) is 43.7 Å². The molecule has 21 heavy (non-hydrogen) atoms. The van der Waals surface area contributed by atoms with Crippen molar-refractivity contribution in [2.45, 2.75) is 26.8 Å². The predicted octanol–water partition coefficient (Wildman–Crippen LogP) is 2.79. The van der Waals surface area contributed by atoms with Crippen molar-refractivity contribution in [3.8, 4) is 17.2 Å². The van der Waals surface area contributed by atoms with Crippen molar-refractivity contribution in [3.63, 3.8) is 0 Å². The molecule has 0 radical (unpaired) electrons. The molecule has 0 aromatic heterocycles. The lowest BCUT2D eigenvalue weighted by molar-refractivity contribution is 0.170. The van der Waals surface area contributed by atoms with Crippen LogP contribution in [-0.2, 0) is 4.74 Å². The van der Waals surface area contributed by atoms with E-state index >= 15 is 0 Å². The Kier molecular flexibility index (Phi) is 7.93. The monoisotopic (exact) mass is 297 g/mol. The van der Waals surface area contributed by atoms with Gasteiger partial charge in [0.05, 0.1) is 32.5 Å². The molecular formula is C16H27NO4. The average molecular weight is 297 g/mol. The second-order valence-electron chi connectivity index (χ2n) is 4.44. The smallest absolute Gasteiger partial charge is 0.203 e. The normalized spacial score (nSPS) is 12.0. The summed E-state index contributed by atoms with van der Waals surface area (Å²) >= 11 is 0. The molecule has 1 aromatic rings. The van der Waals surface area contributed by atoms with Crippen LogP contribution in [0.5, 0.6) is 17.2 Å². The van der Waals surface area contributed by atoms with Crippen molar-refractivity contribution in [3.05, 3.63) is 17.7 Å². The van der Waals surface area contributed by atoms with Gasteiger partial charge in [-0.15, -0.1) is 0 Å². The van der Waals surface area contributed by atoms with Crippen molar-refractivity contribution in [2.75, 3.05) is 40.6 Å². The molecule has 5 nitrogen and oxygen atoms in total. The van der Waals surface area contributed by atoms with E-state index in [4.69, 9.17) is 18.9 Å². The van der Waals surface area contributed by atoms with Gasteiger partial charge in [-0.25, -0.2) is 0 Å². The fourth-order valence-electron chi connectivity index (χ4n) is 2.12. The number of methoxy groups -OCH3 is 1. The van der Waals surface area contributed by atoms with Crippen LogP contribution in [-0.4, -0.2) is 40.6 Å². The van der Waals surface area contributed by atoms with Crippen molar-refractivity contribution >= 4 is 0 Å². The van der Waals surface area contributed by atoms with Gasteiger partial charge in [0.1, 0.15) is 0 Å². The molecule has 1 unspecified atom stereocenters. The standard InChI is InChI=1S/C16H27NO4/c1-6-19-14-9-12(13(17-4)11-18-5)10-15(20-7-2)16(14)21-8-3/h9-10,13,17H,6-8,11H2,1-5H3. The van der Waals surface area contributed by atoms with Crippen molar-refractivity contribution in [1.29, 1.82) is 0 Å². The summed E-state index contributed by atoms with van der Waals surface area (Å²) in [5.74, 6) is 2.07. The molecule has 1 aromatic carbocycles. The lowest BCUT2D eigenvalue weighted by Gasteiger charge is -2.21. The minimum absolute atomic E-state index is 0.0732. The molecule has 0 heterocycles. The van der Waals surface area contributed by atoms with Gasteiger partial charge in [-0.3, -0.25) is 0 Å². The number of ether oxygens (including phenoxy) is 4. The Hall–Kier alpha value is -1.46. The number of rotatable bonds is 10. The van der Waals surface area contributed by atoms with Gasteiger partial charge < -0.3 is 24.3 Å². The Morgan fingerprint density at radius 2 is 1.48 bits per heavy atom. The lowest BCUT2D eigenvalue weighted by Crippen LogP contribution is -2.21. The van der Waals surface area contributed by atoms with Crippen LogP contribution in [0, 0.1) is 0 Å². The van der Waals surface area contributed by atoms with Gasteiger partial charge in [0.15, 0.2) is 11.5 Å². The van der Waals surface area contributed by atoms with Crippen molar-refractivity contribution in [1.82, 2.24) is 5.32 Å². The zero-order valence-corrected chi connectivity index (χ0v) is 13.7. The molecule has 1 atom stereocenters. The Bertz CT molecular complexity index is 396. The highest BCUT2D eigenvalue weighted by atomic mass is 16.5. The molecule has 0 aliphatic rings. The van der Waals surface area contributed by atoms with E-state index in [1.54, 1.807) is 7.11 Å². The highest BCUT2D eigenvalue weighted by Gasteiger charge is 2.18. The van der Waals surface area contributed by atoms with Crippen LogP contribution in [0.25, 0.3) is 0 Å². The van der Waals surface area contributed by atoms with E-state index in [-0.39, 0.29) is 6.04 Å². The third-order valence-corrected chi connectivity index (χ3v) is 3.02. The molecule has 0 amide bonds. The van der Waals surface area contributed by atoms with E-state index in [0.717, 1.165) is 5.56 Å². The van der Waals surface area contributed by atoms with Crippen LogP contribution in [0.2, 0.25) is 0 Å². The summed E-state index contributed by atoms with van der Waals surface area (Å²) in [6.45, 7) is 8.13. The topological polar surface area (TPSA) is 49.0 Å². The highest BCUT2D eigenvalue weighted by Crippen LogP contribution is 2.40. The molecule has 5 heteroatoms. The first-order valence-corrected chi connectivity index (χ1v) is 7.44. The van der Waals surface area contributed by atoms with Crippen LogP contribution in [0.1, 0.15) is 32.4 Å². The van der Waals surface area contributed by atoms with Crippen molar-refractivity contribution in [2.24, 2.45) is 0 Å². The molecule has 1 rings (SSSR count). The summed E-state index contributed by atoms with van der Waals surface area (Å²) in [4.78, 5) is 0. The zero-order valence-electron chi connectivity index (χ0n) is 13.7. The molecule has 0 aliphatic heterocycles. The molecule has 0 saturated heterocycles. The minimum Gasteiger partial charge on any atom is -0.490 e. The first kappa shape index (κ1) is 17.6. The maximum atomic E-state index is 5.72. The number of hydrogen-bond donors (Lipinski definition) is 1. The average Bonchev–Trinajstić information content (AvgIpc) is 2.48. The summed E-state index contributed by atoms with van der Waals surface area (Å²) in [6, 6.07) is 4.04. The number of benzene rings is 1. The lowest BCUT2D eigenvalue weighted by atomic mass is 10.1. The van der Waals surface area contributed by atoms with Gasteiger partial charge in [0.2, 0.25) is 5.75 Å². The van der Waals surface area contributed by atoms with Crippen LogP contribution in [0.4, 0.5) is 0 Å². The first-order chi connectivity index (χ1) is 10.2. The van der Waals surface area contributed by atoms with E-state index < -0.39 is 0 Å². The summed E-state index contributed by atoms with van der Waals surface area (Å²) in [7, 11) is 3.59. The Labute approximate surface area is 127 Å². The Morgan fingerprint density at radius 3 is 1.86 bits per heavy atom. The maximum Gasteiger partial charge on any atom is 0.203 e. The van der Waals surface area contributed by atoms with E-state index in [9.17, 15) is 0 Å². The van der Waals surface area contributed by atoms with Crippen molar-refractivity contribution < 1.29 is 18.9 Å². The Morgan fingerprint density at radius 1 is 0.952 bits per heavy atom. The number of nitrogens with one attached hydrogen (secondary N) is 1. The largest absolute Gasteiger partial charge is 0.490 e. The molecule has 1 N–H and O–H groups in total. The van der Waals surface area contributed by atoms with E-state index in [2.05, 4.69) is 5.32 Å². The van der Waals surface area contributed by atoms with Gasteiger partial charge in [0, 0.05) is 7.11 Å². The van der Waals surface area contributed by atoms with Crippen LogP contribution < -0.4 is 19.5 Å². The second kappa shape index (κ2) is 9.47. The molecular weight excluding hydrogens is 270 g/mol. The predicted molar refractivity (Wildman–Crippen MR) is 83.6 cm³/mol.